The third kappa shape index (κ3) is 1.26. The van der Waals surface area contributed by atoms with E-state index in [4.69, 9.17) is 10.5 Å². The van der Waals surface area contributed by atoms with Crippen molar-refractivity contribution in [3.05, 3.63) is 5.69 Å². The molecule has 0 saturated carbocycles. The van der Waals surface area contributed by atoms with Crippen molar-refractivity contribution in [1.82, 2.24) is 19.3 Å². The van der Waals surface area contributed by atoms with Gasteiger partial charge in [0, 0.05) is 13.7 Å². The van der Waals surface area contributed by atoms with E-state index in [1.165, 1.54) is 0 Å². The van der Waals surface area contributed by atoms with Gasteiger partial charge in [-0.05, 0) is 27.2 Å². The Morgan fingerprint density at radius 2 is 2.22 bits per heavy atom. The molecule has 0 aliphatic carbocycles. The first-order valence-corrected chi connectivity index (χ1v) is 6.25. The molecular formula is C12H19N5O. The zero-order valence-corrected chi connectivity index (χ0v) is 11.3. The molecule has 0 aromatic carbocycles. The molecule has 2 unspecified atom stereocenters. The number of hydrogen-bond donors (Lipinski definition) is 1. The summed E-state index contributed by atoms with van der Waals surface area (Å²) in [6.07, 6.45) is 1.06. The Bertz CT molecular complexity index is 614. The lowest BCUT2D eigenvalue weighted by Crippen LogP contribution is -2.38. The van der Waals surface area contributed by atoms with Gasteiger partial charge >= 0.3 is 0 Å². The molecule has 2 atom stereocenters. The monoisotopic (exact) mass is 249 g/mol. The molecule has 0 amide bonds. The number of fused-ring (bicyclic) bond motifs is 1. The van der Waals surface area contributed by atoms with Gasteiger partial charge in [0.05, 0.1) is 17.3 Å². The minimum absolute atomic E-state index is 0.118. The van der Waals surface area contributed by atoms with Crippen LogP contribution in [0, 0.1) is 6.92 Å². The molecule has 2 N–H and O–H groups in total. The molecule has 3 heterocycles. The van der Waals surface area contributed by atoms with Gasteiger partial charge < -0.3 is 10.5 Å². The van der Waals surface area contributed by atoms with Crippen molar-refractivity contribution >= 4 is 17.1 Å². The van der Waals surface area contributed by atoms with Gasteiger partial charge in [-0.15, -0.1) is 0 Å². The molecule has 0 spiro atoms. The summed E-state index contributed by atoms with van der Waals surface area (Å²) < 4.78 is 9.64. The highest BCUT2D eigenvalue weighted by Gasteiger charge is 2.41. The van der Waals surface area contributed by atoms with Crippen LogP contribution in [0.4, 0.5) is 5.95 Å². The van der Waals surface area contributed by atoms with Gasteiger partial charge in [0.1, 0.15) is 5.52 Å². The van der Waals surface area contributed by atoms with E-state index in [0.29, 0.717) is 5.95 Å². The lowest BCUT2D eigenvalue weighted by atomic mass is 9.94. The largest absolute Gasteiger partial charge is 0.376 e. The summed E-state index contributed by atoms with van der Waals surface area (Å²) in [7, 11) is 1.93. The van der Waals surface area contributed by atoms with Crippen LogP contribution in [0.25, 0.3) is 11.2 Å². The highest BCUT2D eigenvalue weighted by molar-refractivity contribution is 5.78. The van der Waals surface area contributed by atoms with Crippen molar-refractivity contribution in [1.29, 1.82) is 0 Å². The van der Waals surface area contributed by atoms with Crippen molar-refractivity contribution in [2.24, 2.45) is 7.05 Å². The molecular weight excluding hydrogens is 230 g/mol. The molecule has 1 saturated heterocycles. The second-order valence-electron chi connectivity index (χ2n) is 5.31. The Hall–Kier alpha value is -1.56. The molecule has 1 aliphatic rings. The molecule has 2 aromatic rings. The first-order chi connectivity index (χ1) is 8.45. The zero-order valence-electron chi connectivity index (χ0n) is 11.3. The van der Waals surface area contributed by atoms with Gasteiger partial charge in [0.25, 0.3) is 0 Å². The van der Waals surface area contributed by atoms with Crippen molar-refractivity contribution in [3.8, 4) is 0 Å². The van der Waals surface area contributed by atoms with E-state index in [1.54, 1.807) is 0 Å². The topological polar surface area (TPSA) is 70.9 Å². The van der Waals surface area contributed by atoms with Gasteiger partial charge in [-0.1, -0.05) is 0 Å². The highest BCUT2D eigenvalue weighted by Crippen LogP contribution is 2.38. The van der Waals surface area contributed by atoms with E-state index in [1.807, 2.05) is 18.7 Å². The summed E-state index contributed by atoms with van der Waals surface area (Å²) in [4.78, 5) is 4.46. The molecule has 18 heavy (non-hydrogen) atoms. The molecule has 3 rings (SSSR count). The van der Waals surface area contributed by atoms with E-state index < -0.39 is 0 Å². The minimum atomic E-state index is -0.154. The lowest BCUT2D eigenvalue weighted by Gasteiger charge is -2.30. The van der Waals surface area contributed by atoms with E-state index in [0.717, 1.165) is 29.9 Å². The van der Waals surface area contributed by atoms with Gasteiger partial charge in [-0.3, -0.25) is 9.25 Å². The predicted molar refractivity (Wildman–Crippen MR) is 69.3 cm³/mol. The summed E-state index contributed by atoms with van der Waals surface area (Å²) in [5.74, 6) is 0.543. The number of ether oxygens (including phenoxy) is 1. The fraction of sp³-hybridized carbons (Fsp3) is 0.667. The number of nitrogen functional groups attached to an aromatic ring is 1. The number of hydrogen-bond acceptors (Lipinski definition) is 4. The number of nitrogens with zero attached hydrogens (tertiary/aromatic N) is 4. The summed E-state index contributed by atoms with van der Waals surface area (Å²) in [6.45, 7) is 6.97. The molecule has 0 radical (unpaired) electrons. The van der Waals surface area contributed by atoms with Crippen LogP contribution in [0.1, 0.15) is 26.0 Å². The Kier molecular flexibility index (Phi) is 2.22. The van der Waals surface area contributed by atoms with Crippen LogP contribution in [-0.4, -0.2) is 32.0 Å². The summed E-state index contributed by atoms with van der Waals surface area (Å²) >= 11 is 0. The Labute approximate surface area is 106 Å². The molecule has 0 bridgehead atoms. The fourth-order valence-electron chi connectivity index (χ4n) is 2.91. The van der Waals surface area contributed by atoms with Crippen molar-refractivity contribution in [2.45, 2.75) is 38.8 Å². The smallest absolute Gasteiger partial charge is 0.203 e. The Morgan fingerprint density at radius 1 is 1.50 bits per heavy atom. The normalized spacial score (nSPS) is 28.3. The summed E-state index contributed by atoms with van der Waals surface area (Å²) in [6, 6.07) is 0. The van der Waals surface area contributed by atoms with Crippen LogP contribution >= 0.6 is 0 Å². The predicted octanol–water partition coefficient (Wildman–Crippen LogP) is 1.18. The molecule has 6 heteroatoms. The third-order valence-electron chi connectivity index (χ3n) is 4.19. The second-order valence-corrected chi connectivity index (χ2v) is 5.31. The summed E-state index contributed by atoms with van der Waals surface area (Å²) in [5.41, 5.74) is 8.74. The second kappa shape index (κ2) is 3.47. The fourth-order valence-corrected chi connectivity index (χ4v) is 2.91. The van der Waals surface area contributed by atoms with Crippen LogP contribution in [0.15, 0.2) is 0 Å². The number of aromatic nitrogens is 4. The molecule has 6 nitrogen and oxygen atoms in total. The quantitative estimate of drug-likeness (QED) is 0.824. The van der Waals surface area contributed by atoms with E-state index in [2.05, 4.69) is 28.5 Å². The number of aryl methyl sites for hydroxylation is 2. The van der Waals surface area contributed by atoms with Gasteiger partial charge in [-0.2, -0.15) is 5.10 Å². The van der Waals surface area contributed by atoms with Crippen molar-refractivity contribution in [2.75, 3.05) is 12.3 Å². The van der Waals surface area contributed by atoms with E-state index >= 15 is 0 Å². The first-order valence-electron chi connectivity index (χ1n) is 6.25. The van der Waals surface area contributed by atoms with Gasteiger partial charge in [0.15, 0.2) is 5.65 Å². The molecule has 1 aliphatic heterocycles. The van der Waals surface area contributed by atoms with E-state index in [9.17, 15) is 0 Å². The Morgan fingerprint density at radius 3 is 2.83 bits per heavy atom. The average Bonchev–Trinajstić information content (AvgIpc) is 2.88. The maximum Gasteiger partial charge on any atom is 0.203 e. The number of imidazole rings is 1. The number of rotatable bonds is 1. The first kappa shape index (κ1) is 11.5. The number of anilines is 1. The highest BCUT2D eigenvalue weighted by atomic mass is 16.5. The SMILES string of the molecule is Cc1nn(C)c2c1nc(N)n2C1(C)CCOC1C. The van der Waals surface area contributed by atoms with Gasteiger partial charge in [0.2, 0.25) is 5.95 Å². The van der Waals surface area contributed by atoms with Crippen molar-refractivity contribution in [3.63, 3.8) is 0 Å². The maximum atomic E-state index is 6.12. The third-order valence-corrected chi connectivity index (χ3v) is 4.19. The van der Waals surface area contributed by atoms with Crippen LogP contribution in [-0.2, 0) is 17.3 Å². The van der Waals surface area contributed by atoms with E-state index in [-0.39, 0.29) is 11.6 Å². The van der Waals surface area contributed by atoms with Crippen LogP contribution in [0.3, 0.4) is 0 Å². The Balaban J connectivity index is 2.31. The van der Waals surface area contributed by atoms with Crippen LogP contribution < -0.4 is 5.73 Å². The molecule has 1 fully saturated rings. The minimum Gasteiger partial charge on any atom is -0.376 e. The average molecular weight is 249 g/mol. The maximum absolute atomic E-state index is 6.12. The molecule has 98 valence electrons. The number of nitrogens with two attached hydrogens (primary N) is 1. The zero-order chi connectivity index (χ0) is 13.1. The van der Waals surface area contributed by atoms with Gasteiger partial charge in [-0.25, -0.2) is 4.98 Å². The summed E-state index contributed by atoms with van der Waals surface area (Å²) in [5, 5.41) is 4.42. The van der Waals surface area contributed by atoms with Crippen LogP contribution in [0.5, 0.6) is 0 Å². The molecule has 2 aromatic heterocycles. The van der Waals surface area contributed by atoms with Crippen molar-refractivity contribution < 1.29 is 4.74 Å². The standard InChI is InChI=1S/C12H19N5O/c1-7-9-10(16(4)15-7)17(11(13)14-9)12(3)5-6-18-8(12)2/h8H,5-6H2,1-4H3,(H2,13,14). The van der Waals surface area contributed by atoms with Crippen LogP contribution in [0.2, 0.25) is 0 Å². The lowest BCUT2D eigenvalue weighted by molar-refractivity contribution is 0.0779.